The van der Waals surface area contributed by atoms with Gasteiger partial charge in [-0.25, -0.2) is 0 Å². The number of hydrogen-bond donors (Lipinski definition) is 0. The number of halogens is 1. The van der Waals surface area contributed by atoms with Crippen LogP contribution in [0.1, 0.15) is 6.92 Å². The highest BCUT2D eigenvalue weighted by Gasteiger charge is 2.12. The molecule has 0 bridgehead atoms. The Morgan fingerprint density at radius 3 is 2.50 bits per heavy atom. The van der Waals surface area contributed by atoms with E-state index in [0.29, 0.717) is 0 Å². The van der Waals surface area contributed by atoms with Gasteiger partial charge in [-0.2, -0.15) is 0 Å². The summed E-state index contributed by atoms with van der Waals surface area (Å²) in [4.78, 5) is 3.54. The van der Waals surface area contributed by atoms with Crippen molar-refractivity contribution in [1.82, 2.24) is 4.90 Å². The molecule has 1 aliphatic rings. The van der Waals surface area contributed by atoms with Gasteiger partial charge in [0.1, 0.15) is 0 Å². The van der Waals surface area contributed by atoms with E-state index in [2.05, 4.69) is 25.5 Å². The van der Waals surface area contributed by atoms with Crippen LogP contribution < -0.4 is 0 Å². The summed E-state index contributed by atoms with van der Waals surface area (Å²) >= 11 is 1.85. The molecule has 0 aromatic carbocycles. The molecule has 0 spiro atoms. The monoisotopic (exact) mass is 269 g/mol. The number of rotatable bonds is 1. The topological polar surface area (TPSA) is 3.24 Å². The van der Waals surface area contributed by atoms with Gasteiger partial charge in [0, 0.05) is 17.6 Å². The molecule has 1 nitrogen and oxygen atoms in total. The second kappa shape index (κ2) is 4.28. The Morgan fingerprint density at radius 2 is 2.30 bits per heavy atom. The molecule has 0 unspecified atom stereocenters. The predicted molar refractivity (Wildman–Crippen MR) is 58.5 cm³/mol. The van der Waals surface area contributed by atoms with Crippen LogP contribution >= 0.6 is 35.7 Å². The van der Waals surface area contributed by atoms with Crippen molar-refractivity contribution in [3.05, 3.63) is 23.3 Å². The van der Waals surface area contributed by atoms with E-state index in [-0.39, 0.29) is 24.0 Å². The molecule has 0 saturated carbocycles. The zero-order valence-corrected chi connectivity index (χ0v) is 9.40. The first kappa shape index (κ1) is 10.4. The van der Waals surface area contributed by atoms with Crippen LogP contribution in [0, 0.1) is 0 Å². The lowest BCUT2D eigenvalue weighted by atomic mass is 10.4. The number of thioether (sulfide) groups is 1. The first-order valence-corrected chi connectivity index (χ1v) is 3.91. The fourth-order valence-electron chi connectivity index (χ4n) is 0.762. The van der Waals surface area contributed by atoms with Gasteiger partial charge in [0.15, 0.2) is 0 Å². The van der Waals surface area contributed by atoms with E-state index >= 15 is 0 Å². The van der Waals surface area contributed by atoms with E-state index in [9.17, 15) is 0 Å². The van der Waals surface area contributed by atoms with Gasteiger partial charge in [-0.3, -0.25) is 0 Å². The first-order valence-electron chi connectivity index (χ1n) is 2.93. The third kappa shape index (κ3) is 1.92. The summed E-state index contributed by atoms with van der Waals surface area (Å²) in [6.45, 7) is 5.84. The minimum Gasteiger partial charge on any atom is -0.368 e. The molecule has 1 aliphatic heterocycles. The van der Waals surface area contributed by atoms with Crippen LogP contribution in [0.3, 0.4) is 0 Å². The smallest absolute Gasteiger partial charge is 0.0680 e. The standard InChI is InChI=1S/C7H11NS.HI/c1-4-7-6(2)8(3)5-9-7;/h4H,1,5H2,2-3H3;1H. The summed E-state index contributed by atoms with van der Waals surface area (Å²) in [6.07, 6.45) is 1.92. The van der Waals surface area contributed by atoms with Gasteiger partial charge >= 0.3 is 0 Å². The Labute approximate surface area is 83.6 Å². The second-order valence-corrected chi connectivity index (χ2v) is 3.11. The van der Waals surface area contributed by atoms with E-state index < -0.39 is 0 Å². The summed E-state index contributed by atoms with van der Waals surface area (Å²) in [7, 11) is 2.10. The molecule has 1 heterocycles. The van der Waals surface area contributed by atoms with Crippen LogP contribution in [0.15, 0.2) is 23.3 Å². The maximum atomic E-state index is 3.72. The van der Waals surface area contributed by atoms with Crippen molar-refractivity contribution in [2.45, 2.75) is 6.92 Å². The molecule has 0 N–H and O–H groups in total. The van der Waals surface area contributed by atoms with Crippen LogP contribution in [0.25, 0.3) is 0 Å². The lowest BCUT2D eigenvalue weighted by Crippen LogP contribution is -2.09. The quantitative estimate of drug-likeness (QED) is 0.673. The maximum absolute atomic E-state index is 3.72. The molecule has 10 heavy (non-hydrogen) atoms. The molecule has 1 rings (SSSR count). The summed E-state index contributed by atoms with van der Waals surface area (Å²) in [5.74, 6) is 1.08. The van der Waals surface area contributed by atoms with Crippen LogP contribution in [-0.4, -0.2) is 17.8 Å². The highest BCUT2D eigenvalue weighted by Crippen LogP contribution is 2.30. The lowest BCUT2D eigenvalue weighted by Gasteiger charge is -2.09. The zero-order valence-electron chi connectivity index (χ0n) is 6.26. The molecule has 0 saturated heterocycles. The highest BCUT2D eigenvalue weighted by molar-refractivity contribution is 14.0. The van der Waals surface area contributed by atoms with E-state index in [1.807, 2.05) is 17.8 Å². The van der Waals surface area contributed by atoms with Gasteiger partial charge in [0.25, 0.3) is 0 Å². The largest absolute Gasteiger partial charge is 0.368 e. The normalized spacial score (nSPS) is 17.2. The Kier molecular flexibility index (Phi) is 4.44. The minimum atomic E-state index is 0. The molecule has 3 heteroatoms. The van der Waals surface area contributed by atoms with Crippen molar-refractivity contribution >= 4 is 35.7 Å². The lowest BCUT2D eigenvalue weighted by molar-refractivity contribution is 0.503. The average molecular weight is 269 g/mol. The van der Waals surface area contributed by atoms with Crippen molar-refractivity contribution in [2.24, 2.45) is 0 Å². The fraction of sp³-hybridized carbons (Fsp3) is 0.429. The second-order valence-electron chi connectivity index (χ2n) is 2.13. The van der Waals surface area contributed by atoms with Crippen molar-refractivity contribution < 1.29 is 0 Å². The van der Waals surface area contributed by atoms with E-state index in [0.717, 1.165) is 5.88 Å². The molecule has 0 radical (unpaired) electrons. The first-order chi connectivity index (χ1) is 4.25. The zero-order chi connectivity index (χ0) is 6.85. The molecule has 0 amide bonds. The Hall–Kier alpha value is 0.360. The molecule has 0 aromatic rings. The Morgan fingerprint density at radius 1 is 1.70 bits per heavy atom. The highest BCUT2D eigenvalue weighted by atomic mass is 127. The minimum absolute atomic E-state index is 0. The van der Waals surface area contributed by atoms with Crippen LogP contribution in [0.2, 0.25) is 0 Å². The molecule has 0 fully saturated rings. The Bertz CT molecular complexity index is 165. The summed E-state index contributed by atoms with van der Waals surface area (Å²) in [6, 6.07) is 0. The summed E-state index contributed by atoms with van der Waals surface area (Å²) in [5, 5.41) is 0. The van der Waals surface area contributed by atoms with E-state index in [1.54, 1.807) is 0 Å². The third-order valence-corrected chi connectivity index (χ3v) is 2.82. The molecule has 58 valence electrons. The summed E-state index contributed by atoms with van der Waals surface area (Å²) in [5.41, 5.74) is 1.34. The SMILES string of the molecule is C=CC1=C(C)N(C)CS1.I. The number of nitrogens with zero attached hydrogens (tertiary/aromatic N) is 1. The average Bonchev–Trinajstić information content (AvgIpc) is 2.15. The summed E-state index contributed by atoms with van der Waals surface area (Å²) < 4.78 is 0. The molecular weight excluding hydrogens is 257 g/mol. The van der Waals surface area contributed by atoms with Gasteiger partial charge in [0.05, 0.1) is 5.88 Å². The fourth-order valence-corrected chi connectivity index (χ4v) is 1.77. The van der Waals surface area contributed by atoms with Gasteiger partial charge in [-0.15, -0.1) is 35.7 Å². The molecular formula is C7H12INS. The Balaban J connectivity index is 0.000000810. The third-order valence-electron chi connectivity index (χ3n) is 1.53. The van der Waals surface area contributed by atoms with E-state index in [1.165, 1.54) is 10.6 Å². The van der Waals surface area contributed by atoms with Crippen LogP contribution in [-0.2, 0) is 0 Å². The molecule has 0 aliphatic carbocycles. The van der Waals surface area contributed by atoms with Crippen LogP contribution in [0.4, 0.5) is 0 Å². The molecule has 0 aromatic heterocycles. The van der Waals surface area contributed by atoms with Gasteiger partial charge in [0.2, 0.25) is 0 Å². The van der Waals surface area contributed by atoms with Crippen molar-refractivity contribution in [1.29, 1.82) is 0 Å². The van der Waals surface area contributed by atoms with Crippen molar-refractivity contribution in [3.63, 3.8) is 0 Å². The van der Waals surface area contributed by atoms with Gasteiger partial charge < -0.3 is 4.90 Å². The number of hydrogen-bond acceptors (Lipinski definition) is 2. The van der Waals surface area contributed by atoms with Crippen molar-refractivity contribution in [2.75, 3.05) is 12.9 Å². The van der Waals surface area contributed by atoms with Crippen LogP contribution in [0.5, 0.6) is 0 Å². The maximum Gasteiger partial charge on any atom is 0.0680 e. The van der Waals surface area contributed by atoms with Gasteiger partial charge in [-0.05, 0) is 6.92 Å². The molecule has 0 atom stereocenters. The van der Waals surface area contributed by atoms with Gasteiger partial charge in [-0.1, -0.05) is 12.7 Å². The number of allylic oxidation sites excluding steroid dienone is 2. The predicted octanol–water partition coefficient (Wildman–Crippen LogP) is 2.66. The van der Waals surface area contributed by atoms with E-state index in [4.69, 9.17) is 0 Å². The van der Waals surface area contributed by atoms with Crippen molar-refractivity contribution in [3.8, 4) is 0 Å².